The molecule has 1 fully saturated rings. The molecule has 0 bridgehead atoms. The number of carbonyl (C=O) groups is 2. The third-order valence-corrected chi connectivity index (χ3v) is 4.91. The van der Waals surface area contributed by atoms with Crippen molar-refractivity contribution >= 4 is 17.9 Å². The van der Waals surface area contributed by atoms with Crippen molar-refractivity contribution in [1.29, 1.82) is 0 Å². The standard InChI is InChI=1S/C20H21FN2O2/c1-13-9-14(2)18(10-16(13)12-24)20(25)15-5-7-23(8-6-15)19-4-3-17(21)11-22-19/h3-4,9-12,15H,5-8H2,1-2H3. The minimum absolute atomic E-state index is 0.0578. The van der Waals surface area contributed by atoms with Crippen molar-refractivity contribution in [2.24, 2.45) is 5.92 Å². The third kappa shape index (κ3) is 3.60. The predicted octanol–water partition coefficient (Wildman–Crippen LogP) is 3.75. The van der Waals surface area contributed by atoms with E-state index in [1.54, 1.807) is 12.1 Å². The molecule has 130 valence electrons. The van der Waals surface area contributed by atoms with Gasteiger partial charge in [-0.1, -0.05) is 6.07 Å². The molecule has 3 rings (SSSR count). The Morgan fingerprint density at radius 3 is 2.52 bits per heavy atom. The van der Waals surface area contributed by atoms with E-state index in [-0.39, 0.29) is 17.5 Å². The average molecular weight is 340 g/mol. The number of nitrogens with zero attached hydrogens (tertiary/aromatic N) is 2. The molecule has 1 aromatic heterocycles. The van der Waals surface area contributed by atoms with E-state index in [0.29, 0.717) is 24.2 Å². The van der Waals surface area contributed by atoms with E-state index < -0.39 is 0 Å². The highest BCUT2D eigenvalue weighted by molar-refractivity contribution is 6.00. The van der Waals surface area contributed by atoms with Crippen LogP contribution in [0.15, 0.2) is 30.5 Å². The molecule has 0 radical (unpaired) electrons. The van der Waals surface area contributed by atoms with Gasteiger partial charge >= 0.3 is 0 Å². The van der Waals surface area contributed by atoms with Gasteiger partial charge in [-0.2, -0.15) is 0 Å². The number of Topliss-reactive ketones (excluding diaryl/α,β-unsaturated/α-hetero) is 1. The van der Waals surface area contributed by atoms with Crippen LogP contribution in [0.5, 0.6) is 0 Å². The summed E-state index contributed by atoms with van der Waals surface area (Å²) in [6.07, 6.45) is 3.46. The molecule has 5 heteroatoms. The van der Waals surface area contributed by atoms with E-state index >= 15 is 0 Å². The minimum Gasteiger partial charge on any atom is -0.357 e. The van der Waals surface area contributed by atoms with Crippen LogP contribution in [-0.4, -0.2) is 30.1 Å². The van der Waals surface area contributed by atoms with Crippen LogP contribution in [0, 0.1) is 25.6 Å². The molecule has 4 nitrogen and oxygen atoms in total. The van der Waals surface area contributed by atoms with E-state index in [1.165, 1.54) is 12.3 Å². The van der Waals surface area contributed by atoms with E-state index in [2.05, 4.69) is 9.88 Å². The second kappa shape index (κ2) is 7.13. The quantitative estimate of drug-likeness (QED) is 0.628. The van der Waals surface area contributed by atoms with Gasteiger partial charge < -0.3 is 4.90 Å². The van der Waals surface area contributed by atoms with Gasteiger partial charge in [0.1, 0.15) is 17.9 Å². The smallest absolute Gasteiger partial charge is 0.166 e. The number of ketones is 1. The van der Waals surface area contributed by atoms with E-state index in [1.807, 2.05) is 19.9 Å². The Morgan fingerprint density at radius 1 is 1.20 bits per heavy atom. The predicted molar refractivity (Wildman–Crippen MR) is 94.8 cm³/mol. The molecule has 25 heavy (non-hydrogen) atoms. The zero-order chi connectivity index (χ0) is 18.0. The van der Waals surface area contributed by atoms with E-state index in [4.69, 9.17) is 0 Å². The molecule has 1 aliphatic heterocycles. The molecular weight excluding hydrogens is 319 g/mol. The van der Waals surface area contributed by atoms with Gasteiger partial charge in [0.05, 0.1) is 6.20 Å². The summed E-state index contributed by atoms with van der Waals surface area (Å²) in [7, 11) is 0. The number of aromatic nitrogens is 1. The lowest BCUT2D eigenvalue weighted by Gasteiger charge is -2.32. The zero-order valence-electron chi connectivity index (χ0n) is 14.5. The van der Waals surface area contributed by atoms with E-state index in [0.717, 1.165) is 36.1 Å². The molecule has 0 atom stereocenters. The highest BCUT2D eigenvalue weighted by Crippen LogP contribution is 2.27. The van der Waals surface area contributed by atoms with Crippen LogP contribution in [0.4, 0.5) is 10.2 Å². The number of carbonyl (C=O) groups excluding carboxylic acids is 2. The number of rotatable bonds is 4. The number of halogens is 1. The Kier molecular flexibility index (Phi) is 4.93. The number of aryl methyl sites for hydroxylation is 2. The van der Waals surface area contributed by atoms with Crippen LogP contribution in [0.1, 0.15) is 44.7 Å². The molecule has 2 aromatic rings. The second-order valence-corrected chi connectivity index (χ2v) is 6.60. The largest absolute Gasteiger partial charge is 0.357 e. The number of benzene rings is 1. The normalized spacial score (nSPS) is 15.2. The zero-order valence-corrected chi connectivity index (χ0v) is 14.5. The second-order valence-electron chi connectivity index (χ2n) is 6.60. The lowest BCUT2D eigenvalue weighted by molar-refractivity contribution is 0.0900. The van der Waals surface area contributed by atoms with Gasteiger partial charge in [0, 0.05) is 30.1 Å². The first-order valence-electron chi connectivity index (χ1n) is 8.46. The van der Waals surface area contributed by atoms with Crippen LogP contribution in [0.2, 0.25) is 0 Å². The Hall–Kier alpha value is -2.56. The number of hydrogen-bond acceptors (Lipinski definition) is 4. The summed E-state index contributed by atoms with van der Waals surface area (Å²) in [5.74, 6) is 0.432. The maximum absolute atomic E-state index is 13.0. The van der Waals surface area contributed by atoms with E-state index in [9.17, 15) is 14.0 Å². The van der Waals surface area contributed by atoms with Gasteiger partial charge in [-0.15, -0.1) is 0 Å². The molecule has 0 amide bonds. The number of pyridine rings is 1. The maximum Gasteiger partial charge on any atom is 0.166 e. The van der Waals surface area contributed by atoms with Crippen LogP contribution in [-0.2, 0) is 0 Å². The highest BCUT2D eigenvalue weighted by Gasteiger charge is 2.27. The summed E-state index contributed by atoms with van der Waals surface area (Å²) < 4.78 is 13.0. The summed E-state index contributed by atoms with van der Waals surface area (Å²) in [5, 5.41) is 0. The molecule has 0 saturated carbocycles. The van der Waals surface area contributed by atoms with Crippen LogP contribution < -0.4 is 4.90 Å². The van der Waals surface area contributed by atoms with Gasteiger partial charge in [0.2, 0.25) is 0 Å². The van der Waals surface area contributed by atoms with Crippen molar-refractivity contribution in [2.45, 2.75) is 26.7 Å². The first-order chi connectivity index (χ1) is 12.0. The third-order valence-electron chi connectivity index (χ3n) is 4.91. The van der Waals surface area contributed by atoms with Crippen molar-refractivity contribution in [1.82, 2.24) is 4.98 Å². The number of piperidine rings is 1. The van der Waals surface area contributed by atoms with Crippen molar-refractivity contribution in [3.8, 4) is 0 Å². The van der Waals surface area contributed by atoms with Crippen molar-refractivity contribution in [3.05, 3.63) is 58.5 Å². The summed E-state index contributed by atoms with van der Waals surface area (Å²) in [6.45, 7) is 5.20. The Morgan fingerprint density at radius 2 is 1.92 bits per heavy atom. The van der Waals surface area contributed by atoms with Crippen LogP contribution in [0.25, 0.3) is 0 Å². The molecule has 0 aliphatic carbocycles. The van der Waals surface area contributed by atoms with Crippen LogP contribution >= 0.6 is 0 Å². The Balaban J connectivity index is 1.71. The van der Waals surface area contributed by atoms with Gasteiger partial charge in [-0.3, -0.25) is 9.59 Å². The summed E-state index contributed by atoms with van der Waals surface area (Å²) >= 11 is 0. The van der Waals surface area contributed by atoms with Crippen molar-refractivity contribution in [3.63, 3.8) is 0 Å². The molecule has 1 aromatic carbocycles. The van der Waals surface area contributed by atoms with Gasteiger partial charge in [0.15, 0.2) is 5.78 Å². The molecule has 0 spiro atoms. The first kappa shape index (κ1) is 17.3. The monoisotopic (exact) mass is 340 g/mol. The van der Waals surface area contributed by atoms with Crippen molar-refractivity contribution < 1.29 is 14.0 Å². The maximum atomic E-state index is 13.0. The molecule has 2 heterocycles. The molecule has 0 N–H and O–H groups in total. The average Bonchev–Trinajstić information content (AvgIpc) is 2.62. The number of hydrogen-bond donors (Lipinski definition) is 0. The topological polar surface area (TPSA) is 50.3 Å². The van der Waals surface area contributed by atoms with Gasteiger partial charge in [-0.25, -0.2) is 9.37 Å². The molecular formula is C20H21FN2O2. The number of anilines is 1. The summed E-state index contributed by atoms with van der Waals surface area (Å²) in [4.78, 5) is 30.2. The fourth-order valence-electron chi connectivity index (χ4n) is 3.41. The first-order valence-corrected chi connectivity index (χ1v) is 8.46. The SMILES string of the molecule is Cc1cc(C)c(C(=O)C2CCN(c3ccc(F)cn3)CC2)cc1C=O. The van der Waals surface area contributed by atoms with Crippen LogP contribution in [0.3, 0.4) is 0 Å². The minimum atomic E-state index is -0.352. The van der Waals surface area contributed by atoms with Gasteiger partial charge in [0.25, 0.3) is 0 Å². The fraction of sp³-hybridized carbons (Fsp3) is 0.350. The van der Waals surface area contributed by atoms with Crippen molar-refractivity contribution in [2.75, 3.05) is 18.0 Å². The Labute approximate surface area is 146 Å². The van der Waals surface area contributed by atoms with Gasteiger partial charge in [-0.05, 0) is 56.0 Å². The lowest BCUT2D eigenvalue weighted by Crippen LogP contribution is -2.37. The highest BCUT2D eigenvalue weighted by atomic mass is 19.1. The fourth-order valence-corrected chi connectivity index (χ4v) is 3.41. The number of aldehydes is 1. The summed E-state index contributed by atoms with van der Waals surface area (Å²) in [5.41, 5.74) is 3.02. The summed E-state index contributed by atoms with van der Waals surface area (Å²) in [6, 6.07) is 6.68. The molecule has 1 aliphatic rings. The Bertz CT molecular complexity index is 794. The molecule has 1 saturated heterocycles. The lowest BCUT2D eigenvalue weighted by atomic mass is 9.86. The molecule has 0 unspecified atom stereocenters.